The molecular weight excluding hydrogens is 324 g/mol. The lowest BCUT2D eigenvalue weighted by molar-refractivity contribution is -0.146. The predicted molar refractivity (Wildman–Crippen MR) is 94.1 cm³/mol. The van der Waals surface area contributed by atoms with Crippen molar-refractivity contribution >= 4 is 17.6 Å². The van der Waals surface area contributed by atoms with Crippen molar-refractivity contribution in [2.75, 3.05) is 6.54 Å². The van der Waals surface area contributed by atoms with Crippen molar-refractivity contribution in [3.63, 3.8) is 0 Å². The second-order valence-corrected chi connectivity index (χ2v) is 6.62. The van der Waals surface area contributed by atoms with Gasteiger partial charge in [-0.05, 0) is 49.2 Å². The zero-order chi connectivity index (χ0) is 16.9. The number of benzene rings is 1. The van der Waals surface area contributed by atoms with Gasteiger partial charge in [-0.1, -0.05) is 36.2 Å². The molecule has 4 nitrogen and oxygen atoms in total. The molecule has 0 radical (unpaired) electrons. The van der Waals surface area contributed by atoms with Crippen molar-refractivity contribution < 1.29 is 9.90 Å². The first-order chi connectivity index (χ1) is 11.6. The quantitative estimate of drug-likeness (QED) is 0.892. The van der Waals surface area contributed by atoms with Gasteiger partial charge in [0.15, 0.2) is 0 Å². The number of carboxylic acid groups (broad SMARTS) is 1. The molecule has 1 aromatic carbocycles. The number of rotatable bonds is 5. The highest BCUT2D eigenvalue weighted by Crippen LogP contribution is 2.32. The van der Waals surface area contributed by atoms with E-state index < -0.39 is 12.0 Å². The maximum absolute atomic E-state index is 11.7. The van der Waals surface area contributed by atoms with Gasteiger partial charge in [-0.25, -0.2) is 0 Å². The Morgan fingerprint density at radius 2 is 2.17 bits per heavy atom. The number of hydrogen-bond donors (Lipinski definition) is 1. The number of likely N-dealkylation sites (tertiary alicyclic amines) is 1. The summed E-state index contributed by atoms with van der Waals surface area (Å²) in [6, 6.07) is 13.1. The Bertz CT molecular complexity index is 693. The van der Waals surface area contributed by atoms with Gasteiger partial charge in [-0.2, -0.15) is 0 Å². The molecule has 2 atom stereocenters. The van der Waals surface area contributed by atoms with Crippen LogP contribution in [-0.2, 0) is 11.2 Å². The maximum atomic E-state index is 11.7. The average molecular weight is 345 g/mol. The monoisotopic (exact) mass is 344 g/mol. The van der Waals surface area contributed by atoms with Crippen molar-refractivity contribution in [2.24, 2.45) is 0 Å². The minimum Gasteiger partial charge on any atom is -0.480 e. The standard InChI is InChI=1S/C19H21ClN2O2/c20-15-7-5-6-14(12-15)18(13-16-8-1-3-10-21-16)22-11-4-2-9-17(22)19(23)24/h1,3,5-8,10,12,17-18H,2,4,9,11,13H2,(H,23,24). The lowest BCUT2D eigenvalue weighted by Gasteiger charge is -2.39. The van der Waals surface area contributed by atoms with Gasteiger partial charge in [-0.15, -0.1) is 0 Å². The summed E-state index contributed by atoms with van der Waals surface area (Å²) in [7, 11) is 0. The number of nitrogens with zero attached hydrogens (tertiary/aromatic N) is 2. The van der Waals surface area contributed by atoms with Crippen LogP contribution in [-0.4, -0.2) is 33.5 Å². The van der Waals surface area contributed by atoms with Gasteiger partial charge in [-0.3, -0.25) is 14.7 Å². The summed E-state index contributed by atoms with van der Waals surface area (Å²) in [5, 5.41) is 10.3. The molecular formula is C19H21ClN2O2. The summed E-state index contributed by atoms with van der Waals surface area (Å²) in [5.74, 6) is -0.747. The summed E-state index contributed by atoms with van der Waals surface area (Å²) in [6.07, 6.45) is 5.11. The van der Waals surface area contributed by atoms with Crippen LogP contribution in [0.3, 0.4) is 0 Å². The van der Waals surface area contributed by atoms with E-state index in [4.69, 9.17) is 11.6 Å². The second kappa shape index (κ2) is 7.77. The molecule has 24 heavy (non-hydrogen) atoms. The summed E-state index contributed by atoms with van der Waals surface area (Å²) in [6.45, 7) is 0.779. The molecule has 0 aliphatic carbocycles. The predicted octanol–water partition coefficient (Wildman–Crippen LogP) is 3.96. The van der Waals surface area contributed by atoms with E-state index >= 15 is 0 Å². The zero-order valence-electron chi connectivity index (χ0n) is 13.4. The van der Waals surface area contributed by atoms with E-state index in [9.17, 15) is 9.90 Å². The van der Waals surface area contributed by atoms with Gasteiger partial charge < -0.3 is 5.11 Å². The average Bonchev–Trinajstić information content (AvgIpc) is 2.60. The van der Waals surface area contributed by atoms with Crippen LogP contribution in [0.4, 0.5) is 0 Å². The number of aliphatic carboxylic acids is 1. The highest BCUT2D eigenvalue weighted by atomic mass is 35.5. The summed E-state index contributed by atoms with van der Waals surface area (Å²) in [4.78, 5) is 18.3. The van der Waals surface area contributed by atoms with Crippen LogP contribution in [0.1, 0.15) is 36.6 Å². The molecule has 1 fully saturated rings. The zero-order valence-corrected chi connectivity index (χ0v) is 14.2. The summed E-state index contributed by atoms with van der Waals surface area (Å²) in [5.41, 5.74) is 2.00. The van der Waals surface area contributed by atoms with Gasteiger partial charge in [0, 0.05) is 29.4 Å². The molecule has 126 valence electrons. The lowest BCUT2D eigenvalue weighted by atomic mass is 9.93. The maximum Gasteiger partial charge on any atom is 0.320 e. The number of carbonyl (C=O) groups is 1. The Morgan fingerprint density at radius 3 is 2.88 bits per heavy atom. The molecule has 0 spiro atoms. The Kier molecular flexibility index (Phi) is 5.48. The van der Waals surface area contributed by atoms with Crippen LogP contribution < -0.4 is 0 Å². The van der Waals surface area contributed by atoms with E-state index in [2.05, 4.69) is 9.88 Å². The second-order valence-electron chi connectivity index (χ2n) is 6.18. The van der Waals surface area contributed by atoms with E-state index in [1.165, 1.54) is 0 Å². The normalized spacial score (nSPS) is 19.8. The van der Waals surface area contributed by atoms with E-state index in [0.717, 1.165) is 30.6 Å². The molecule has 0 amide bonds. The molecule has 1 N–H and O–H groups in total. The van der Waals surface area contributed by atoms with Crippen LogP contribution in [0.25, 0.3) is 0 Å². The molecule has 2 heterocycles. The van der Waals surface area contributed by atoms with Crippen molar-refractivity contribution in [3.8, 4) is 0 Å². The van der Waals surface area contributed by atoms with Crippen LogP contribution in [0, 0.1) is 0 Å². The van der Waals surface area contributed by atoms with Gasteiger partial charge in [0.25, 0.3) is 0 Å². The van der Waals surface area contributed by atoms with Crippen LogP contribution in [0.2, 0.25) is 5.02 Å². The largest absolute Gasteiger partial charge is 0.480 e. The van der Waals surface area contributed by atoms with Crippen molar-refractivity contribution in [3.05, 3.63) is 64.9 Å². The molecule has 2 aromatic rings. The van der Waals surface area contributed by atoms with Crippen LogP contribution in [0.15, 0.2) is 48.7 Å². The highest BCUT2D eigenvalue weighted by Gasteiger charge is 2.34. The molecule has 1 aliphatic rings. The first kappa shape index (κ1) is 16.9. The van der Waals surface area contributed by atoms with Crippen molar-refractivity contribution in [2.45, 2.75) is 37.8 Å². The Balaban J connectivity index is 1.95. The number of halogens is 1. The summed E-state index contributed by atoms with van der Waals surface area (Å²) >= 11 is 6.18. The molecule has 1 aliphatic heterocycles. The minimum atomic E-state index is -0.747. The van der Waals surface area contributed by atoms with Gasteiger partial charge in [0.2, 0.25) is 0 Å². The minimum absolute atomic E-state index is 0.0417. The third-order valence-electron chi connectivity index (χ3n) is 4.59. The van der Waals surface area contributed by atoms with E-state index in [-0.39, 0.29) is 6.04 Å². The molecule has 0 saturated carbocycles. The highest BCUT2D eigenvalue weighted by molar-refractivity contribution is 6.30. The summed E-state index contributed by atoms with van der Waals surface area (Å²) < 4.78 is 0. The van der Waals surface area contributed by atoms with Crippen molar-refractivity contribution in [1.82, 2.24) is 9.88 Å². The third kappa shape index (κ3) is 3.94. The van der Waals surface area contributed by atoms with E-state index in [0.29, 0.717) is 17.9 Å². The Hall–Kier alpha value is -1.91. The van der Waals surface area contributed by atoms with E-state index in [1.54, 1.807) is 6.20 Å². The smallest absolute Gasteiger partial charge is 0.320 e. The molecule has 1 aromatic heterocycles. The van der Waals surface area contributed by atoms with Gasteiger partial charge in [0.1, 0.15) is 6.04 Å². The topological polar surface area (TPSA) is 53.4 Å². The lowest BCUT2D eigenvalue weighted by Crippen LogP contribution is -2.47. The molecule has 3 rings (SSSR count). The fourth-order valence-corrected chi connectivity index (χ4v) is 3.65. The fourth-order valence-electron chi connectivity index (χ4n) is 3.45. The number of pyridine rings is 1. The molecule has 1 saturated heterocycles. The molecule has 5 heteroatoms. The number of piperidine rings is 1. The first-order valence-corrected chi connectivity index (χ1v) is 8.67. The van der Waals surface area contributed by atoms with Crippen molar-refractivity contribution in [1.29, 1.82) is 0 Å². The SMILES string of the molecule is O=C(O)C1CCCCN1C(Cc1ccccn1)c1cccc(Cl)c1. The number of hydrogen-bond acceptors (Lipinski definition) is 3. The Morgan fingerprint density at radius 1 is 1.29 bits per heavy atom. The number of aromatic nitrogens is 1. The fraction of sp³-hybridized carbons (Fsp3) is 0.368. The third-order valence-corrected chi connectivity index (χ3v) is 4.83. The number of carboxylic acids is 1. The molecule has 0 bridgehead atoms. The first-order valence-electron chi connectivity index (χ1n) is 8.29. The van der Waals surface area contributed by atoms with Gasteiger partial charge in [0.05, 0.1) is 0 Å². The van der Waals surface area contributed by atoms with E-state index in [1.807, 2.05) is 42.5 Å². The van der Waals surface area contributed by atoms with Crippen LogP contribution >= 0.6 is 11.6 Å². The van der Waals surface area contributed by atoms with Crippen LogP contribution in [0.5, 0.6) is 0 Å². The Labute approximate surface area is 147 Å². The molecule has 2 unspecified atom stereocenters. The van der Waals surface area contributed by atoms with Gasteiger partial charge >= 0.3 is 5.97 Å².